The van der Waals surface area contributed by atoms with E-state index in [-0.39, 0.29) is 11.5 Å². The Morgan fingerprint density at radius 2 is 1.81 bits per heavy atom. The molecule has 166 valence electrons. The topological polar surface area (TPSA) is 87.7 Å². The van der Waals surface area contributed by atoms with Crippen LogP contribution >= 0.6 is 0 Å². The highest BCUT2D eigenvalue weighted by Gasteiger charge is 2.57. The van der Waals surface area contributed by atoms with Gasteiger partial charge in [0.15, 0.2) is 0 Å². The number of carbonyl (C=O) groups excluding carboxylic acids is 3. The van der Waals surface area contributed by atoms with Crippen molar-refractivity contribution < 1.29 is 19.1 Å². The van der Waals surface area contributed by atoms with E-state index in [1.165, 1.54) is 32.1 Å². The highest BCUT2D eigenvalue weighted by molar-refractivity contribution is 6.39. The van der Waals surface area contributed by atoms with Crippen LogP contribution in [-0.2, 0) is 19.1 Å². The lowest BCUT2D eigenvalue weighted by Gasteiger charge is -2.60. The van der Waals surface area contributed by atoms with Gasteiger partial charge >= 0.3 is 11.8 Å². The molecular formula is C24H31N3O4. The molecule has 4 bridgehead atoms. The van der Waals surface area contributed by atoms with E-state index in [4.69, 9.17) is 4.74 Å². The molecule has 0 unspecified atom stereocenters. The van der Waals surface area contributed by atoms with Crippen molar-refractivity contribution in [3.8, 4) is 0 Å². The van der Waals surface area contributed by atoms with Crippen molar-refractivity contribution in [2.75, 3.05) is 30.4 Å². The number of anilines is 2. The number of rotatable bonds is 5. The van der Waals surface area contributed by atoms with Gasteiger partial charge in [0.1, 0.15) is 0 Å². The maximum absolute atomic E-state index is 12.6. The highest BCUT2D eigenvalue weighted by atomic mass is 16.5. The van der Waals surface area contributed by atoms with Gasteiger partial charge in [-0.2, -0.15) is 0 Å². The molecule has 31 heavy (non-hydrogen) atoms. The molecule has 7 nitrogen and oxygen atoms in total. The first-order chi connectivity index (χ1) is 15.0. The SMILES string of the molecule is COC1(CNC(=O)C(=O)Nc2cccc(N3CCCC3=O)c2)C2CC3CC(C2)CC1C3. The lowest BCUT2D eigenvalue weighted by atomic mass is 9.49. The van der Waals surface area contributed by atoms with Gasteiger partial charge in [0.25, 0.3) is 0 Å². The predicted molar refractivity (Wildman–Crippen MR) is 116 cm³/mol. The van der Waals surface area contributed by atoms with Gasteiger partial charge in [-0.05, 0) is 80.4 Å². The Balaban J connectivity index is 1.21. The Labute approximate surface area is 182 Å². The van der Waals surface area contributed by atoms with E-state index in [1.807, 2.05) is 6.07 Å². The zero-order chi connectivity index (χ0) is 21.6. The summed E-state index contributed by atoms with van der Waals surface area (Å²) in [5.74, 6) is 1.28. The number of ether oxygens (including phenoxy) is 1. The summed E-state index contributed by atoms with van der Waals surface area (Å²) in [6.45, 7) is 1.06. The fraction of sp³-hybridized carbons (Fsp3) is 0.625. The van der Waals surface area contributed by atoms with Crippen LogP contribution in [0, 0.1) is 23.7 Å². The second-order valence-corrected chi connectivity index (χ2v) is 9.80. The van der Waals surface area contributed by atoms with Crippen LogP contribution in [-0.4, -0.2) is 43.5 Å². The maximum Gasteiger partial charge on any atom is 0.313 e. The van der Waals surface area contributed by atoms with Crippen molar-refractivity contribution in [2.45, 2.75) is 50.5 Å². The minimum Gasteiger partial charge on any atom is -0.376 e. The largest absolute Gasteiger partial charge is 0.376 e. The smallest absolute Gasteiger partial charge is 0.313 e. The third-order valence-corrected chi connectivity index (χ3v) is 8.12. The van der Waals surface area contributed by atoms with E-state index in [0.717, 1.165) is 23.9 Å². The van der Waals surface area contributed by atoms with Gasteiger partial charge in [-0.1, -0.05) is 6.07 Å². The summed E-state index contributed by atoms with van der Waals surface area (Å²) in [5, 5.41) is 5.53. The summed E-state index contributed by atoms with van der Waals surface area (Å²) in [5.41, 5.74) is 0.903. The molecule has 0 aromatic heterocycles. The molecule has 1 aromatic carbocycles. The molecule has 4 aliphatic carbocycles. The van der Waals surface area contributed by atoms with Crippen LogP contribution in [0.3, 0.4) is 0 Å². The van der Waals surface area contributed by atoms with Crippen molar-refractivity contribution in [3.05, 3.63) is 24.3 Å². The third kappa shape index (κ3) is 3.63. The van der Waals surface area contributed by atoms with Gasteiger partial charge in [0.05, 0.1) is 5.60 Å². The number of hydrogen-bond donors (Lipinski definition) is 2. The van der Waals surface area contributed by atoms with Gasteiger partial charge in [-0.3, -0.25) is 14.4 Å². The number of methoxy groups -OCH3 is 1. The van der Waals surface area contributed by atoms with E-state index in [2.05, 4.69) is 10.6 Å². The molecule has 5 aliphatic rings. The van der Waals surface area contributed by atoms with Crippen LogP contribution in [0.25, 0.3) is 0 Å². The lowest BCUT2D eigenvalue weighted by molar-refractivity contribution is -0.188. The van der Waals surface area contributed by atoms with Crippen molar-refractivity contribution >= 4 is 29.1 Å². The molecule has 5 fully saturated rings. The fourth-order valence-electron chi connectivity index (χ4n) is 6.84. The number of carbonyl (C=O) groups is 3. The number of nitrogens with zero attached hydrogens (tertiary/aromatic N) is 1. The Hall–Kier alpha value is -2.41. The predicted octanol–water partition coefficient (Wildman–Crippen LogP) is 2.71. The average Bonchev–Trinajstić information content (AvgIpc) is 3.19. The standard InChI is InChI=1S/C24H31N3O4/c1-31-24(17-9-15-8-16(11-17)12-18(24)10-15)14-25-22(29)23(30)26-19-4-2-5-20(13-19)27-7-3-6-21(27)28/h2,4-5,13,15-18H,3,6-12,14H2,1H3,(H,25,29)(H,26,30). The Bertz CT molecular complexity index is 871. The molecule has 6 rings (SSSR count). The molecule has 7 heteroatoms. The first-order valence-corrected chi connectivity index (χ1v) is 11.5. The Kier molecular flexibility index (Phi) is 5.24. The normalized spacial score (nSPS) is 33.6. The van der Waals surface area contributed by atoms with E-state index in [9.17, 15) is 14.4 Å². The molecule has 1 saturated heterocycles. The maximum atomic E-state index is 12.6. The van der Waals surface area contributed by atoms with E-state index in [0.29, 0.717) is 37.0 Å². The second-order valence-electron chi connectivity index (χ2n) is 9.80. The molecule has 1 heterocycles. The van der Waals surface area contributed by atoms with Crippen molar-refractivity contribution in [1.29, 1.82) is 0 Å². The quantitative estimate of drug-likeness (QED) is 0.710. The van der Waals surface area contributed by atoms with Crippen LogP contribution in [0.2, 0.25) is 0 Å². The number of hydrogen-bond acceptors (Lipinski definition) is 4. The van der Waals surface area contributed by atoms with E-state index < -0.39 is 11.8 Å². The molecule has 0 atom stereocenters. The Morgan fingerprint density at radius 1 is 1.10 bits per heavy atom. The van der Waals surface area contributed by atoms with Crippen molar-refractivity contribution in [3.63, 3.8) is 0 Å². The summed E-state index contributed by atoms with van der Waals surface area (Å²) in [7, 11) is 1.75. The molecule has 0 radical (unpaired) electrons. The number of amides is 3. The van der Waals surface area contributed by atoms with Crippen LogP contribution in [0.1, 0.15) is 44.9 Å². The zero-order valence-corrected chi connectivity index (χ0v) is 18.1. The van der Waals surface area contributed by atoms with Gasteiger partial charge in [0.2, 0.25) is 5.91 Å². The first kappa shape index (κ1) is 20.5. The van der Waals surface area contributed by atoms with E-state index in [1.54, 1.807) is 30.2 Å². The summed E-state index contributed by atoms with van der Waals surface area (Å²) in [4.78, 5) is 38.8. The minimum atomic E-state index is -0.694. The fourth-order valence-corrected chi connectivity index (χ4v) is 6.84. The minimum absolute atomic E-state index is 0.0850. The monoisotopic (exact) mass is 425 g/mol. The van der Waals surface area contributed by atoms with Gasteiger partial charge in [0, 0.05) is 38.0 Å². The Morgan fingerprint density at radius 3 is 2.42 bits per heavy atom. The van der Waals surface area contributed by atoms with E-state index >= 15 is 0 Å². The second kappa shape index (κ2) is 7.93. The molecule has 1 aliphatic heterocycles. The van der Waals surface area contributed by atoms with Gasteiger partial charge in [-0.15, -0.1) is 0 Å². The van der Waals surface area contributed by atoms with Crippen LogP contribution in [0.4, 0.5) is 11.4 Å². The van der Waals surface area contributed by atoms with Crippen LogP contribution in [0.5, 0.6) is 0 Å². The molecule has 1 aromatic rings. The van der Waals surface area contributed by atoms with Crippen molar-refractivity contribution in [1.82, 2.24) is 5.32 Å². The summed E-state index contributed by atoms with van der Waals surface area (Å²) in [6.07, 6.45) is 7.42. The number of nitrogens with one attached hydrogen (secondary N) is 2. The molecule has 4 saturated carbocycles. The first-order valence-electron chi connectivity index (χ1n) is 11.5. The number of benzene rings is 1. The summed E-state index contributed by atoms with van der Waals surface area (Å²) in [6, 6.07) is 7.09. The summed E-state index contributed by atoms with van der Waals surface area (Å²) >= 11 is 0. The van der Waals surface area contributed by atoms with Crippen molar-refractivity contribution in [2.24, 2.45) is 23.7 Å². The van der Waals surface area contributed by atoms with Gasteiger partial charge in [-0.25, -0.2) is 0 Å². The van der Waals surface area contributed by atoms with Crippen LogP contribution in [0.15, 0.2) is 24.3 Å². The molecular weight excluding hydrogens is 394 g/mol. The molecule has 3 amide bonds. The van der Waals surface area contributed by atoms with Gasteiger partial charge < -0.3 is 20.3 Å². The third-order valence-electron chi connectivity index (χ3n) is 8.12. The lowest BCUT2D eigenvalue weighted by Crippen LogP contribution is -2.63. The summed E-state index contributed by atoms with van der Waals surface area (Å²) < 4.78 is 6.06. The molecule has 2 N–H and O–H groups in total. The molecule has 0 spiro atoms. The highest BCUT2D eigenvalue weighted by Crippen LogP contribution is 2.59. The van der Waals surface area contributed by atoms with Crippen LogP contribution < -0.4 is 15.5 Å². The zero-order valence-electron chi connectivity index (χ0n) is 18.1. The average molecular weight is 426 g/mol.